The summed E-state index contributed by atoms with van der Waals surface area (Å²) in [6.45, 7) is 8.42. The zero-order valence-electron chi connectivity index (χ0n) is 16.6. The van der Waals surface area contributed by atoms with Gasteiger partial charge in [0.25, 0.3) is 5.91 Å². The van der Waals surface area contributed by atoms with Crippen molar-refractivity contribution < 1.29 is 19.1 Å². The Morgan fingerprint density at radius 3 is 2.82 bits per heavy atom. The summed E-state index contributed by atoms with van der Waals surface area (Å²) in [7, 11) is 0. The first-order valence-electron chi connectivity index (χ1n) is 9.75. The smallest absolute Gasteiger partial charge is 0.257 e. The lowest BCUT2D eigenvalue weighted by molar-refractivity contribution is -0.116. The van der Waals surface area contributed by atoms with E-state index >= 15 is 0 Å². The minimum atomic E-state index is -0.637. The summed E-state index contributed by atoms with van der Waals surface area (Å²) in [4.78, 5) is 29.0. The summed E-state index contributed by atoms with van der Waals surface area (Å²) in [6, 6.07) is 3.53. The van der Waals surface area contributed by atoms with Crippen LogP contribution in [0.25, 0.3) is 0 Å². The molecule has 2 bridgehead atoms. The number of fused-ring (bicyclic) bond motifs is 2. The van der Waals surface area contributed by atoms with Gasteiger partial charge in [-0.3, -0.25) is 14.5 Å². The molecule has 2 aliphatic rings. The molecule has 152 valence electrons. The molecule has 2 heterocycles. The second kappa shape index (κ2) is 8.31. The fourth-order valence-corrected chi connectivity index (χ4v) is 3.76. The van der Waals surface area contributed by atoms with Crippen LogP contribution >= 0.6 is 0 Å². The van der Waals surface area contributed by atoms with Gasteiger partial charge in [-0.05, 0) is 37.5 Å². The third-order valence-electron chi connectivity index (χ3n) is 5.78. The largest absolute Gasteiger partial charge is 0.508 e. The molecule has 6 nitrogen and oxygen atoms in total. The molecular formula is C21H28FN3O3. The van der Waals surface area contributed by atoms with Gasteiger partial charge in [0.1, 0.15) is 11.6 Å². The number of allylic oxidation sites excluding steroid dienone is 1. The molecule has 0 aliphatic carbocycles. The zero-order chi connectivity index (χ0) is 20.4. The highest BCUT2D eigenvalue weighted by Gasteiger charge is 2.41. The monoisotopic (exact) mass is 389 g/mol. The van der Waals surface area contributed by atoms with Crippen LogP contribution in [0.3, 0.4) is 0 Å². The molecule has 0 saturated carbocycles. The number of aromatic hydroxyl groups is 1. The van der Waals surface area contributed by atoms with Crippen molar-refractivity contribution in [3.8, 4) is 5.75 Å². The first-order chi connectivity index (χ1) is 13.3. The van der Waals surface area contributed by atoms with Gasteiger partial charge < -0.3 is 15.3 Å². The van der Waals surface area contributed by atoms with Crippen molar-refractivity contribution in [1.29, 1.82) is 0 Å². The van der Waals surface area contributed by atoms with Gasteiger partial charge >= 0.3 is 0 Å². The van der Waals surface area contributed by atoms with Crippen LogP contribution in [0.4, 0.5) is 4.39 Å². The number of carbonyl (C=O) groups excluding carboxylic acids is 2. The molecule has 1 aromatic carbocycles. The molecule has 2 amide bonds. The molecular weight excluding hydrogens is 361 g/mol. The Morgan fingerprint density at radius 2 is 2.11 bits per heavy atom. The summed E-state index contributed by atoms with van der Waals surface area (Å²) in [5.41, 5.74) is 0.900. The lowest BCUT2D eigenvalue weighted by Gasteiger charge is -2.40. The number of hydrogen-bond acceptors (Lipinski definition) is 4. The summed E-state index contributed by atoms with van der Waals surface area (Å²) >= 11 is 0. The van der Waals surface area contributed by atoms with Crippen molar-refractivity contribution in [2.45, 2.75) is 39.3 Å². The maximum absolute atomic E-state index is 14.1. The molecule has 2 N–H and O–H groups in total. The molecule has 28 heavy (non-hydrogen) atoms. The number of rotatable bonds is 5. The van der Waals surface area contributed by atoms with Gasteiger partial charge in [0.15, 0.2) is 0 Å². The number of benzene rings is 1. The highest BCUT2D eigenvalue weighted by molar-refractivity contribution is 5.95. The van der Waals surface area contributed by atoms with Crippen LogP contribution in [0.2, 0.25) is 0 Å². The second-order valence-corrected chi connectivity index (χ2v) is 8.00. The molecule has 7 heteroatoms. The van der Waals surface area contributed by atoms with Crippen LogP contribution in [0, 0.1) is 11.7 Å². The molecule has 2 fully saturated rings. The summed E-state index contributed by atoms with van der Waals surface area (Å²) < 4.78 is 14.1. The number of phenols is 1. The zero-order valence-corrected chi connectivity index (χ0v) is 16.6. The second-order valence-electron chi connectivity index (χ2n) is 8.00. The van der Waals surface area contributed by atoms with Gasteiger partial charge in [-0.25, -0.2) is 4.39 Å². The van der Waals surface area contributed by atoms with E-state index in [2.05, 4.69) is 10.2 Å². The number of nitrogens with one attached hydrogen (secondary N) is 1. The summed E-state index contributed by atoms with van der Waals surface area (Å²) in [5, 5.41) is 12.6. The first kappa shape index (κ1) is 20.3. The number of piperazine rings is 1. The SMILES string of the molecule is C/C(=C\C(=O)NCC1CN(C(=O)c2cc(O)ccc2F)C2CCN1C2)C(C)C. The standard InChI is InChI=1S/C21H28FN3O3/c1-13(2)14(3)8-20(27)23-10-16-12-25(15-6-7-24(16)11-15)21(28)18-9-17(26)4-5-19(18)22/h4-5,8-9,13,15-16,26H,6-7,10-12H2,1-3H3,(H,23,27)/b14-8+. The Hall–Kier alpha value is -2.41. The lowest BCUT2D eigenvalue weighted by atomic mass is 10.0. The van der Waals surface area contributed by atoms with Gasteiger partial charge in [-0.1, -0.05) is 19.4 Å². The molecule has 0 radical (unpaired) electrons. The maximum atomic E-state index is 14.1. The van der Waals surface area contributed by atoms with Crippen LogP contribution in [-0.2, 0) is 4.79 Å². The number of amides is 2. The van der Waals surface area contributed by atoms with Gasteiger partial charge in [-0.15, -0.1) is 0 Å². The van der Waals surface area contributed by atoms with E-state index in [9.17, 15) is 19.1 Å². The number of nitrogens with zero attached hydrogens (tertiary/aromatic N) is 2. The van der Waals surface area contributed by atoms with Gasteiger partial charge in [0.05, 0.1) is 5.56 Å². The number of hydrogen-bond donors (Lipinski definition) is 2. The molecule has 3 rings (SSSR count). The fourth-order valence-electron chi connectivity index (χ4n) is 3.76. The molecule has 0 aromatic heterocycles. The van der Waals surface area contributed by atoms with Crippen molar-refractivity contribution in [2.24, 2.45) is 5.92 Å². The Labute approximate surface area is 165 Å². The van der Waals surface area contributed by atoms with E-state index in [1.165, 1.54) is 12.1 Å². The highest BCUT2D eigenvalue weighted by Crippen LogP contribution is 2.27. The normalized spacial score (nSPS) is 24.5. The van der Waals surface area contributed by atoms with E-state index in [0.717, 1.165) is 24.6 Å². The van der Waals surface area contributed by atoms with Crippen molar-refractivity contribution in [2.75, 3.05) is 26.2 Å². The molecule has 1 aromatic rings. The summed E-state index contributed by atoms with van der Waals surface area (Å²) in [6.07, 6.45) is 2.44. The van der Waals surface area contributed by atoms with Crippen LogP contribution in [0.1, 0.15) is 37.6 Å². The van der Waals surface area contributed by atoms with E-state index in [0.29, 0.717) is 25.6 Å². The van der Waals surface area contributed by atoms with Crippen molar-refractivity contribution in [3.05, 3.63) is 41.2 Å². The Kier molecular flexibility index (Phi) is 6.03. The number of halogens is 1. The predicted molar refractivity (Wildman–Crippen MR) is 104 cm³/mol. The minimum Gasteiger partial charge on any atom is -0.508 e. The quantitative estimate of drug-likeness (QED) is 0.757. The Balaban J connectivity index is 1.69. The third kappa shape index (κ3) is 4.35. The maximum Gasteiger partial charge on any atom is 0.257 e. The fraction of sp³-hybridized carbons (Fsp3) is 0.524. The number of phenolic OH excluding ortho intramolecular Hbond substituents is 1. The average molecular weight is 389 g/mol. The van der Waals surface area contributed by atoms with Crippen LogP contribution in [-0.4, -0.2) is 65.0 Å². The summed E-state index contributed by atoms with van der Waals surface area (Å²) in [5.74, 6) is -1.00. The lowest BCUT2D eigenvalue weighted by Crippen LogP contribution is -2.57. The van der Waals surface area contributed by atoms with E-state index in [4.69, 9.17) is 0 Å². The van der Waals surface area contributed by atoms with E-state index in [-0.39, 0.29) is 29.3 Å². The topological polar surface area (TPSA) is 72.9 Å². The van der Waals surface area contributed by atoms with Gasteiger partial charge in [0, 0.05) is 44.3 Å². The first-order valence-corrected chi connectivity index (χ1v) is 9.75. The Bertz CT molecular complexity index is 793. The highest BCUT2D eigenvalue weighted by atomic mass is 19.1. The molecule has 3 atom stereocenters. The van der Waals surface area contributed by atoms with E-state index < -0.39 is 11.7 Å². The van der Waals surface area contributed by atoms with Gasteiger partial charge in [0.2, 0.25) is 5.91 Å². The minimum absolute atomic E-state index is 0.0141. The molecule has 0 spiro atoms. The van der Waals surface area contributed by atoms with Crippen LogP contribution in [0.15, 0.2) is 29.8 Å². The third-order valence-corrected chi connectivity index (χ3v) is 5.78. The van der Waals surface area contributed by atoms with E-state index in [1.54, 1.807) is 11.0 Å². The van der Waals surface area contributed by atoms with Gasteiger partial charge in [-0.2, -0.15) is 0 Å². The van der Waals surface area contributed by atoms with Crippen LogP contribution in [0.5, 0.6) is 5.75 Å². The van der Waals surface area contributed by atoms with E-state index in [1.807, 2.05) is 20.8 Å². The predicted octanol–water partition coefficient (Wildman–Crippen LogP) is 2.15. The molecule has 2 aliphatic heterocycles. The Morgan fingerprint density at radius 1 is 1.36 bits per heavy atom. The van der Waals surface area contributed by atoms with Crippen molar-refractivity contribution in [3.63, 3.8) is 0 Å². The number of carbonyl (C=O) groups is 2. The average Bonchev–Trinajstić information content (AvgIpc) is 3.06. The molecule has 3 unspecified atom stereocenters. The molecule has 2 saturated heterocycles. The van der Waals surface area contributed by atoms with Crippen LogP contribution < -0.4 is 5.32 Å². The van der Waals surface area contributed by atoms with Crippen molar-refractivity contribution in [1.82, 2.24) is 15.1 Å². The van der Waals surface area contributed by atoms with Crippen molar-refractivity contribution >= 4 is 11.8 Å².